The smallest absolute Gasteiger partial charge is 0.286 e. The predicted molar refractivity (Wildman–Crippen MR) is 116 cm³/mol. The van der Waals surface area contributed by atoms with E-state index in [1.165, 1.54) is 18.3 Å². The van der Waals surface area contributed by atoms with Crippen LogP contribution in [0.1, 0.15) is 34.2 Å². The van der Waals surface area contributed by atoms with Crippen LogP contribution in [0.3, 0.4) is 0 Å². The fourth-order valence-corrected chi connectivity index (χ4v) is 3.47. The number of carbonyl (C=O) groups is 1. The molecule has 0 bridgehead atoms. The summed E-state index contributed by atoms with van der Waals surface area (Å²) in [5, 5.41) is 0.356. The molecule has 4 aromatic rings. The molecule has 0 saturated carbocycles. The summed E-state index contributed by atoms with van der Waals surface area (Å²) in [7, 11) is 5.87. The number of rotatable bonds is 5. The molecule has 0 atom stereocenters. The molecule has 4 rings (SSSR count). The quantitative estimate of drug-likeness (QED) is 0.371. The third-order valence-electron chi connectivity index (χ3n) is 4.97. The highest BCUT2D eigenvalue weighted by molar-refractivity contribution is 6.32. The first-order valence-electron chi connectivity index (χ1n) is 9.61. The number of halogens is 2. The minimum atomic E-state index is -3.20. The van der Waals surface area contributed by atoms with Gasteiger partial charge in [-0.25, -0.2) is 4.98 Å². The lowest BCUT2D eigenvalue weighted by Gasteiger charge is -2.14. The third-order valence-corrected chi connectivity index (χ3v) is 4.97. The van der Waals surface area contributed by atoms with Gasteiger partial charge in [-0.05, 0) is 29.8 Å². The third kappa shape index (κ3) is 4.17. The van der Waals surface area contributed by atoms with Gasteiger partial charge in [0.15, 0.2) is 0 Å². The van der Waals surface area contributed by atoms with Crippen molar-refractivity contribution in [2.24, 2.45) is 0 Å². The van der Waals surface area contributed by atoms with E-state index in [9.17, 15) is 18.4 Å². The second kappa shape index (κ2) is 7.91. The molecule has 0 aliphatic rings. The Hall–Kier alpha value is -3.61. The largest absolute Gasteiger partial charge is 0.342 e. The monoisotopic (exact) mass is 414 g/mol. The number of hydrogen-bond acceptors (Lipinski definition) is 3. The van der Waals surface area contributed by atoms with Crippen LogP contribution in [0, 0.1) is 0 Å². The summed E-state index contributed by atoms with van der Waals surface area (Å²) >= 11 is 0. The molecule has 152 valence electrons. The Bertz CT molecular complexity index is 1360. The van der Waals surface area contributed by atoms with Gasteiger partial charge >= 0.3 is 0 Å². The van der Waals surface area contributed by atoms with Crippen molar-refractivity contribution in [3.05, 3.63) is 106 Å². The summed E-state index contributed by atoms with van der Waals surface area (Å²) in [6.07, 6.45) is 1.45. The number of benzene rings is 2. The van der Waals surface area contributed by atoms with Crippen LogP contribution in [0.5, 0.6) is 0 Å². The van der Waals surface area contributed by atoms with Crippen LogP contribution < -0.4 is 10.9 Å². The molecule has 2 aromatic heterocycles. The maximum absolute atomic E-state index is 13.7. The van der Waals surface area contributed by atoms with Crippen LogP contribution in [-0.2, 0) is 12.5 Å². The Morgan fingerprint density at radius 3 is 2.55 bits per heavy atom. The number of aromatic nitrogens is 2. The van der Waals surface area contributed by atoms with Crippen molar-refractivity contribution in [2.45, 2.75) is 19.4 Å². The highest BCUT2D eigenvalue weighted by atomic mass is 19.3. The summed E-state index contributed by atoms with van der Waals surface area (Å²) in [5.74, 6) is -3.91. The Labute approximate surface area is 178 Å². The maximum atomic E-state index is 13.7. The number of para-hydroxylation sites is 1. The van der Waals surface area contributed by atoms with Gasteiger partial charge in [-0.2, -0.15) is 8.78 Å². The minimum absolute atomic E-state index is 0.133. The molecule has 0 spiro atoms. The van der Waals surface area contributed by atoms with Gasteiger partial charge in [0.2, 0.25) is 11.2 Å². The van der Waals surface area contributed by atoms with E-state index in [0.29, 0.717) is 29.8 Å². The molecule has 7 heteroatoms. The van der Waals surface area contributed by atoms with Crippen molar-refractivity contribution >= 4 is 30.0 Å². The molecule has 0 unspecified atom stereocenters. The second-order valence-corrected chi connectivity index (χ2v) is 7.39. The van der Waals surface area contributed by atoms with Crippen molar-refractivity contribution in [3.8, 4) is 0 Å². The van der Waals surface area contributed by atoms with Crippen LogP contribution in [0.4, 0.5) is 8.78 Å². The average molecular weight is 414 g/mol. The van der Waals surface area contributed by atoms with Crippen molar-refractivity contribution in [1.29, 1.82) is 0 Å². The molecule has 2 heterocycles. The zero-order valence-electron chi connectivity index (χ0n) is 16.7. The fourth-order valence-electron chi connectivity index (χ4n) is 3.47. The molecule has 0 fully saturated rings. The summed E-state index contributed by atoms with van der Waals surface area (Å²) in [6, 6.07) is 18.0. The first kappa shape index (κ1) is 20.7. The zero-order chi connectivity index (χ0) is 22.2. The summed E-state index contributed by atoms with van der Waals surface area (Å²) in [5.41, 5.74) is 0.791. The Balaban J connectivity index is 1.86. The number of alkyl halides is 2. The molecule has 0 aliphatic carbocycles. The highest BCUT2D eigenvalue weighted by Crippen LogP contribution is 2.25. The maximum Gasteiger partial charge on any atom is 0.286 e. The second-order valence-electron chi connectivity index (χ2n) is 7.39. The van der Waals surface area contributed by atoms with E-state index in [1.807, 2.05) is 18.2 Å². The van der Waals surface area contributed by atoms with E-state index < -0.39 is 22.8 Å². The molecule has 2 radical (unpaired) electrons. The number of ketones is 1. The van der Waals surface area contributed by atoms with Gasteiger partial charge in [0.05, 0.1) is 11.1 Å². The number of fused-ring (bicyclic) bond motifs is 1. The highest BCUT2D eigenvalue weighted by Gasteiger charge is 2.27. The molecular formula is C24H17BF2N2O2. The number of carbonyl (C=O) groups excluding carboxylic acids is 1. The Kier molecular flexibility index (Phi) is 5.27. The normalized spacial score (nSPS) is 11.6. The van der Waals surface area contributed by atoms with Crippen LogP contribution >= 0.6 is 0 Å². The minimum Gasteiger partial charge on any atom is -0.342 e. The van der Waals surface area contributed by atoms with Gasteiger partial charge in [-0.1, -0.05) is 47.9 Å². The summed E-state index contributed by atoms with van der Waals surface area (Å²) in [6.45, 7) is 1.07. The van der Waals surface area contributed by atoms with Crippen LogP contribution in [0.25, 0.3) is 10.9 Å². The van der Waals surface area contributed by atoms with E-state index in [1.54, 1.807) is 34.9 Å². The summed E-state index contributed by atoms with van der Waals surface area (Å²) in [4.78, 5) is 30.0. The van der Waals surface area contributed by atoms with E-state index >= 15 is 0 Å². The molecule has 0 aliphatic heterocycles. The van der Waals surface area contributed by atoms with Gasteiger partial charge in [0.25, 0.3) is 5.92 Å². The predicted octanol–water partition coefficient (Wildman–Crippen LogP) is 3.58. The lowest BCUT2D eigenvalue weighted by atomic mass is 9.94. The molecule has 0 amide bonds. The fraction of sp³-hybridized carbons (Fsp3) is 0.125. The van der Waals surface area contributed by atoms with Crippen LogP contribution in [0.2, 0.25) is 0 Å². The van der Waals surface area contributed by atoms with E-state index in [-0.39, 0.29) is 11.3 Å². The van der Waals surface area contributed by atoms with E-state index in [4.69, 9.17) is 7.85 Å². The number of nitrogens with zero attached hydrogens (tertiary/aromatic N) is 2. The van der Waals surface area contributed by atoms with Gasteiger partial charge in [0.1, 0.15) is 19.2 Å². The molecule has 2 aromatic carbocycles. The van der Waals surface area contributed by atoms with E-state index in [2.05, 4.69) is 4.98 Å². The van der Waals surface area contributed by atoms with Crippen molar-refractivity contribution in [3.63, 3.8) is 0 Å². The molecule has 4 nitrogen and oxygen atoms in total. The Morgan fingerprint density at radius 2 is 1.81 bits per heavy atom. The van der Waals surface area contributed by atoms with Crippen LogP contribution in [0.15, 0.2) is 77.7 Å². The molecular weight excluding hydrogens is 397 g/mol. The lowest BCUT2D eigenvalue weighted by molar-refractivity contribution is 0.0126. The molecule has 0 saturated heterocycles. The van der Waals surface area contributed by atoms with Crippen molar-refractivity contribution in [1.82, 2.24) is 9.55 Å². The van der Waals surface area contributed by atoms with Crippen LogP contribution in [-0.4, -0.2) is 23.2 Å². The van der Waals surface area contributed by atoms with Gasteiger partial charge < -0.3 is 4.57 Å². The number of hydrogen-bond donors (Lipinski definition) is 0. The summed E-state index contributed by atoms with van der Waals surface area (Å²) < 4.78 is 29.1. The Morgan fingerprint density at radius 1 is 1.06 bits per heavy atom. The SMILES string of the molecule is [B]c1cccc(Cn2cc(C(=O)c3cccc(C(C)(F)F)n3)c(=O)c3ccccc32)c1. The molecule has 31 heavy (non-hydrogen) atoms. The standard InChI is InChI=1S/C24H17BF2N2O2/c1-24(26,27)21-11-5-9-19(28-21)23(31)18-14-29(13-15-6-4-7-16(25)12-15)20-10-3-2-8-17(20)22(18)30/h2-12,14H,13H2,1H3. The van der Waals surface area contributed by atoms with Gasteiger partial charge in [-0.15, -0.1) is 0 Å². The van der Waals surface area contributed by atoms with Gasteiger partial charge in [-0.3, -0.25) is 9.59 Å². The van der Waals surface area contributed by atoms with E-state index in [0.717, 1.165) is 11.6 Å². The average Bonchev–Trinajstić information content (AvgIpc) is 2.75. The zero-order valence-corrected chi connectivity index (χ0v) is 16.7. The van der Waals surface area contributed by atoms with Crippen molar-refractivity contribution in [2.75, 3.05) is 0 Å². The van der Waals surface area contributed by atoms with Gasteiger partial charge in [0, 0.05) is 25.1 Å². The lowest BCUT2D eigenvalue weighted by Crippen LogP contribution is -2.22. The molecule has 0 N–H and O–H groups in total. The topological polar surface area (TPSA) is 52.0 Å². The first-order chi connectivity index (χ1) is 14.7. The van der Waals surface area contributed by atoms with Crippen molar-refractivity contribution < 1.29 is 13.6 Å². The number of pyridine rings is 2. The first-order valence-corrected chi connectivity index (χ1v) is 9.61.